The number of aromatic nitrogens is 6. The summed E-state index contributed by atoms with van der Waals surface area (Å²) in [6.07, 6.45) is 3.69. The van der Waals surface area contributed by atoms with E-state index >= 15 is 0 Å². The van der Waals surface area contributed by atoms with E-state index in [-0.39, 0.29) is 133 Å². The molecule has 9 N–H and O–H groups in total. The Hall–Kier alpha value is -6.27. The average Bonchev–Trinajstić information content (AvgIpc) is 3.15. The molecule has 3 aromatic rings. The van der Waals surface area contributed by atoms with Gasteiger partial charge in [-0.1, -0.05) is 6.92 Å². The molecule has 0 atom stereocenters. The number of carbonyl (C=O) groups is 3. The smallest absolute Gasteiger partial charge is 0.382 e. The van der Waals surface area contributed by atoms with Gasteiger partial charge in [0.05, 0.1) is 58.2 Å². The second kappa shape index (κ2) is 23.5. The second-order valence-corrected chi connectivity index (χ2v) is 12.4. The second-order valence-electron chi connectivity index (χ2n) is 12.4. The molecule has 56 heavy (non-hydrogen) atoms. The van der Waals surface area contributed by atoms with Crippen LogP contribution in [0.5, 0.6) is 0 Å². The van der Waals surface area contributed by atoms with Crippen LogP contribution in [-0.4, -0.2) is 141 Å². The third kappa shape index (κ3) is 17.3. The summed E-state index contributed by atoms with van der Waals surface area (Å²) >= 11 is 0. The van der Waals surface area contributed by atoms with E-state index in [0.29, 0.717) is 14.2 Å². The number of nitrogens with zero attached hydrogens (tertiary/aromatic N) is 6. The minimum absolute atomic E-state index is 0.0949. The molecule has 0 saturated heterocycles. The van der Waals surface area contributed by atoms with Gasteiger partial charge in [0.1, 0.15) is 17.5 Å². The van der Waals surface area contributed by atoms with Crippen molar-refractivity contribution in [3.8, 4) is 0 Å². The predicted octanol–water partition coefficient (Wildman–Crippen LogP) is -2.72. The highest BCUT2D eigenvalue weighted by atomic mass is 16.5. The zero-order valence-corrected chi connectivity index (χ0v) is 30.8. The van der Waals surface area contributed by atoms with Crippen molar-refractivity contribution in [1.29, 1.82) is 0 Å². The van der Waals surface area contributed by atoms with Gasteiger partial charge in [-0.2, -0.15) is 15.0 Å². The molecule has 308 valence electrons. The summed E-state index contributed by atoms with van der Waals surface area (Å²) in [6.45, 7) is 4.26. The fourth-order valence-corrected chi connectivity index (χ4v) is 4.53. The van der Waals surface area contributed by atoms with E-state index in [1.165, 1.54) is 18.2 Å². The first-order chi connectivity index (χ1) is 26.8. The Morgan fingerprint density at radius 3 is 1.11 bits per heavy atom. The first-order valence-electron chi connectivity index (χ1n) is 17.5. The van der Waals surface area contributed by atoms with E-state index in [0.717, 1.165) is 18.6 Å². The summed E-state index contributed by atoms with van der Waals surface area (Å²) in [7, 11) is 0. The Balaban J connectivity index is 1.35. The van der Waals surface area contributed by atoms with E-state index in [9.17, 15) is 44.4 Å². The van der Waals surface area contributed by atoms with Gasteiger partial charge in [0.25, 0.3) is 0 Å². The van der Waals surface area contributed by atoms with Crippen LogP contribution in [0.4, 0.5) is 17.5 Å². The summed E-state index contributed by atoms with van der Waals surface area (Å²) in [6, 6.07) is 4.16. The summed E-state index contributed by atoms with van der Waals surface area (Å²) in [5.74, 6) is -0.122. The molecule has 0 unspecified atom stereocenters. The van der Waals surface area contributed by atoms with E-state index in [1.54, 1.807) is 0 Å². The lowest BCUT2D eigenvalue weighted by Gasteiger charge is -2.29. The number of amides is 3. The molecule has 0 bridgehead atoms. The van der Waals surface area contributed by atoms with Crippen LogP contribution in [0.3, 0.4) is 0 Å². The molecule has 24 nitrogen and oxygen atoms in total. The molecular weight excluding hydrogens is 744 g/mol. The van der Waals surface area contributed by atoms with Crippen LogP contribution in [0.1, 0.15) is 26.2 Å². The SMILES string of the molecule is CC(COCCNC(=O)CCNc1ccn(O)c(=O)n1)(COCCNC(=O)CCNc1ccn(O)c(=O)n1)COCCNC(=O)CCNc1ccn(O)c(=O)n1. The molecule has 0 aliphatic rings. The highest BCUT2D eigenvalue weighted by Gasteiger charge is 2.26. The molecule has 3 heterocycles. The number of anilines is 3. The summed E-state index contributed by atoms with van der Waals surface area (Å²) in [4.78, 5) is 81.7. The largest absolute Gasteiger partial charge is 0.424 e. The lowest BCUT2D eigenvalue weighted by atomic mass is 9.94. The van der Waals surface area contributed by atoms with Crippen LogP contribution in [-0.2, 0) is 28.6 Å². The van der Waals surface area contributed by atoms with Gasteiger partial charge in [-0.15, -0.1) is 14.2 Å². The molecule has 3 amide bonds. The highest BCUT2D eigenvalue weighted by molar-refractivity contribution is 5.77. The van der Waals surface area contributed by atoms with Crippen molar-refractivity contribution in [3.63, 3.8) is 0 Å². The minimum Gasteiger partial charge on any atom is -0.424 e. The van der Waals surface area contributed by atoms with Gasteiger partial charge >= 0.3 is 17.1 Å². The van der Waals surface area contributed by atoms with Crippen LogP contribution >= 0.6 is 0 Å². The topological polar surface area (TPSA) is 316 Å². The van der Waals surface area contributed by atoms with Gasteiger partial charge in [-0.25, -0.2) is 14.4 Å². The molecule has 0 saturated carbocycles. The van der Waals surface area contributed by atoms with Crippen LogP contribution in [0.15, 0.2) is 51.2 Å². The molecule has 0 spiro atoms. The minimum atomic E-state index is -0.851. The van der Waals surface area contributed by atoms with Crippen molar-refractivity contribution in [2.24, 2.45) is 5.41 Å². The fourth-order valence-electron chi connectivity index (χ4n) is 4.53. The van der Waals surface area contributed by atoms with Crippen LogP contribution in [0.25, 0.3) is 0 Å². The van der Waals surface area contributed by atoms with E-state index in [2.05, 4.69) is 46.9 Å². The normalized spacial score (nSPS) is 11.1. The van der Waals surface area contributed by atoms with E-state index in [4.69, 9.17) is 14.2 Å². The number of hydrogen-bond acceptors (Lipinski definition) is 18. The van der Waals surface area contributed by atoms with Gasteiger partial charge in [0.2, 0.25) is 17.7 Å². The number of nitrogens with one attached hydrogen (secondary N) is 6. The van der Waals surface area contributed by atoms with Gasteiger partial charge in [-0.3, -0.25) is 14.4 Å². The Bertz CT molecular complexity index is 1680. The number of carbonyl (C=O) groups excluding carboxylic acids is 3. The zero-order chi connectivity index (χ0) is 40.8. The monoisotopic (exact) mass is 792 g/mol. The first-order valence-corrected chi connectivity index (χ1v) is 17.5. The lowest BCUT2D eigenvalue weighted by Crippen LogP contribution is -2.38. The first kappa shape index (κ1) is 44.1. The Labute approximate surface area is 319 Å². The van der Waals surface area contributed by atoms with Crippen molar-refractivity contribution < 1.29 is 44.2 Å². The molecule has 0 aliphatic carbocycles. The van der Waals surface area contributed by atoms with Gasteiger partial charge < -0.3 is 61.7 Å². The molecular formula is C32H48N12O12. The maximum Gasteiger partial charge on any atom is 0.382 e. The zero-order valence-electron chi connectivity index (χ0n) is 30.8. The van der Waals surface area contributed by atoms with Gasteiger partial charge in [-0.05, 0) is 0 Å². The van der Waals surface area contributed by atoms with Crippen molar-refractivity contribution >= 4 is 35.2 Å². The van der Waals surface area contributed by atoms with Crippen LogP contribution in [0.2, 0.25) is 0 Å². The van der Waals surface area contributed by atoms with E-state index in [1.807, 2.05) is 6.92 Å². The Kier molecular flexibility index (Phi) is 18.5. The standard InChI is InChI=1S/C32H48N12O12/c1-32(20-54-17-11-36-26(45)2-8-33-23-5-14-42(51)29(48)39-23,21-55-18-12-37-27(46)3-9-34-24-6-15-43(52)30(49)40-24)22-56-19-13-38-28(47)4-10-35-25-7-16-44(53)31(50)41-25/h5-7,14-16,51-53H,2-4,8-13,17-22H2,1H3,(H,36,45)(H,37,46)(H,38,47)(H,33,39,48)(H,34,40,49)(H,35,41,50). The molecule has 3 rings (SSSR count). The molecule has 3 aromatic heterocycles. The van der Waals surface area contributed by atoms with Crippen LogP contribution < -0.4 is 49.0 Å². The molecule has 0 radical (unpaired) electrons. The fraction of sp³-hybridized carbons (Fsp3) is 0.531. The maximum atomic E-state index is 12.2. The highest BCUT2D eigenvalue weighted by Crippen LogP contribution is 2.18. The number of rotatable bonds is 27. The Morgan fingerprint density at radius 2 is 0.839 bits per heavy atom. The molecule has 0 fully saturated rings. The molecule has 0 aromatic carbocycles. The molecule has 0 aliphatic heterocycles. The summed E-state index contributed by atoms with van der Waals surface area (Å²) < 4.78 is 18.5. The van der Waals surface area contributed by atoms with Crippen molar-refractivity contribution in [1.82, 2.24) is 45.1 Å². The number of ether oxygens (including phenoxy) is 3. The summed E-state index contributed by atoms with van der Waals surface area (Å²) in [5.41, 5.74) is -3.21. The predicted molar refractivity (Wildman–Crippen MR) is 196 cm³/mol. The van der Waals surface area contributed by atoms with Crippen molar-refractivity contribution in [2.45, 2.75) is 26.2 Å². The lowest BCUT2D eigenvalue weighted by molar-refractivity contribution is -0.121. The third-order valence-corrected chi connectivity index (χ3v) is 7.39. The average molecular weight is 793 g/mol. The van der Waals surface area contributed by atoms with Gasteiger partial charge in [0.15, 0.2) is 0 Å². The van der Waals surface area contributed by atoms with Crippen molar-refractivity contribution in [3.05, 3.63) is 68.2 Å². The Morgan fingerprint density at radius 1 is 0.554 bits per heavy atom. The van der Waals surface area contributed by atoms with Gasteiger partial charge in [0, 0.05) is 82.1 Å². The number of hydrogen-bond donors (Lipinski definition) is 9. The quantitative estimate of drug-likeness (QED) is 0.0280. The third-order valence-electron chi connectivity index (χ3n) is 7.39. The van der Waals surface area contributed by atoms with Crippen LogP contribution in [0, 0.1) is 5.41 Å². The van der Waals surface area contributed by atoms with E-state index < -0.39 is 22.5 Å². The maximum absolute atomic E-state index is 12.2. The summed E-state index contributed by atoms with van der Waals surface area (Å²) in [5, 5.41) is 44.3. The van der Waals surface area contributed by atoms with Crippen molar-refractivity contribution in [2.75, 3.05) is 94.9 Å². The molecule has 24 heteroatoms.